The van der Waals surface area contributed by atoms with Crippen molar-refractivity contribution in [3.05, 3.63) is 113 Å². The number of benzene rings is 3. The minimum absolute atomic E-state index is 0.117. The van der Waals surface area contributed by atoms with Crippen molar-refractivity contribution < 1.29 is 34.2 Å². The number of phenols is 1. The van der Waals surface area contributed by atoms with Gasteiger partial charge in [-0.3, -0.25) is 24.4 Å². The molecule has 3 aliphatic carbocycles. The summed E-state index contributed by atoms with van der Waals surface area (Å²) >= 11 is 0. The zero-order valence-corrected chi connectivity index (χ0v) is 24.1. The molecule has 7 rings (SSSR count). The molecule has 0 spiro atoms. The minimum Gasteiger partial charge on any atom is -0.504 e. The largest absolute Gasteiger partial charge is 0.504 e. The number of nitrogens with zero attached hydrogens (tertiary/aromatic N) is 1. The average Bonchev–Trinajstić information content (AvgIpc) is 3.27. The lowest BCUT2D eigenvalue weighted by molar-refractivity contribution is -0.173. The lowest BCUT2D eigenvalue weighted by Crippen LogP contribution is -2.58. The number of hydrogen-bond donors (Lipinski definition) is 2. The van der Waals surface area contributed by atoms with Crippen LogP contribution in [0.4, 0.5) is 0 Å². The summed E-state index contributed by atoms with van der Waals surface area (Å²) in [7, 11) is 0. The summed E-state index contributed by atoms with van der Waals surface area (Å²) in [6.45, 7) is 2.10. The van der Waals surface area contributed by atoms with E-state index in [2.05, 4.69) is 0 Å². The van der Waals surface area contributed by atoms with Gasteiger partial charge in [-0.05, 0) is 49.0 Å². The topological polar surface area (TPSA) is 121 Å². The first-order chi connectivity index (χ1) is 21.3. The van der Waals surface area contributed by atoms with Crippen LogP contribution in [-0.2, 0) is 24.6 Å². The standard InChI is InChI=1S/C36H31NO7/c1-2-44-28-15-9-14-24(33(28)40)31-22-16-17-23-30(35(42)37(43)34(23)41)26(22)18-27-32(39)25(20-10-5-3-6-11-20)19-29(38)36(27,31)21-12-7-4-8-13-21/h3-16,19,23,26-27,30-31,40,43H,2,17-18H2,1H3. The number of fused-ring (bicyclic) bond motifs is 4. The fourth-order valence-corrected chi connectivity index (χ4v) is 8.25. The van der Waals surface area contributed by atoms with Crippen LogP contribution in [0.25, 0.3) is 5.57 Å². The summed E-state index contributed by atoms with van der Waals surface area (Å²) in [6, 6.07) is 23.3. The molecule has 3 aromatic rings. The second-order valence-electron chi connectivity index (χ2n) is 11.9. The minimum atomic E-state index is -1.46. The van der Waals surface area contributed by atoms with E-state index < -0.39 is 46.8 Å². The maximum atomic E-state index is 14.9. The normalized spacial score (nSPS) is 29.4. The summed E-state index contributed by atoms with van der Waals surface area (Å²) in [6.07, 6.45) is 3.61. The number of hydroxylamine groups is 2. The zero-order chi connectivity index (χ0) is 30.7. The highest BCUT2D eigenvalue weighted by Crippen LogP contribution is 2.64. The number of ketones is 2. The first kappa shape index (κ1) is 28.0. The molecule has 4 aliphatic rings. The third-order valence-electron chi connectivity index (χ3n) is 9.99. The number of aromatic hydroxyl groups is 1. The second kappa shape index (κ2) is 10.4. The van der Waals surface area contributed by atoms with Gasteiger partial charge in [0.25, 0.3) is 11.8 Å². The summed E-state index contributed by atoms with van der Waals surface area (Å²) in [5.41, 5.74) is 1.16. The third-order valence-corrected chi connectivity index (χ3v) is 9.99. The maximum Gasteiger partial charge on any atom is 0.257 e. The molecule has 44 heavy (non-hydrogen) atoms. The molecule has 2 amide bonds. The zero-order valence-electron chi connectivity index (χ0n) is 24.1. The van der Waals surface area contributed by atoms with Gasteiger partial charge in [-0.25, -0.2) is 0 Å². The number of allylic oxidation sites excluding steroid dienone is 4. The molecular formula is C36H31NO7. The number of Topliss-reactive ketones (excluding diaryl/α,β-unsaturated/α-hetero) is 1. The quantitative estimate of drug-likeness (QED) is 0.244. The Morgan fingerprint density at radius 1 is 0.886 bits per heavy atom. The van der Waals surface area contributed by atoms with Crippen LogP contribution in [0.15, 0.2) is 96.6 Å². The molecular weight excluding hydrogens is 558 g/mol. The van der Waals surface area contributed by atoms with Crippen molar-refractivity contribution in [3.63, 3.8) is 0 Å². The molecule has 2 fully saturated rings. The van der Waals surface area contributed by atoms with Gasteiger partial charge in [-0.15, -0.1) is 0 Å². The van der Waals surface area contributed by atoms with Crippen LogP contribution >= 0.6 is 0 Å². The molecule has 1 aliphatic heterocycles. The smallest absolute Gasteiger partial charge is 0.257 e. The van der Waals surface area contributed by atoms with E-state index in [0.717, 1.165) is 0 Å². The molecule has 2 N–H and O–H groups in total. The van der Waals surface area contributed by atoms with E-state index >= 15 is 0 Å². The Kier molecular flexibility index (Phi) is 6.62. The van der Waals surface area contributed by atoms with Crippen LogP contribution in [-0.4, -0.2) is 45.4 Å². The van der Waals surface area contributed by atoms with E-state index in [4.69, 9.17) is 4.74 Å². The van der Waals surface area contributed by atoms with Crippen LogP contribution in [0.3, 0.4) is 0 Å². The van der Waals surface area contributed by atoms with Gasteiger partial charge in [-0.1, -0.05) is 84.4 Å². The van der Waals surface area contributed by atoms with Gasteiger partial charge in [0.2, 0.25) is 0 Å². The molecule has 6 unspecified atom stereocenters. The highest BCUT2D eigenvalue weighted by Gasteiger charge is 2.66. The molecule has 222 valence electrons. The van der Waals surface area contributed by atoms with Crippen molar-refractivity contribution in [2.45, 2.75) is 31.1 Å². The maximum absolute atomic E-state index is 14.9. The van der Waals surface area contributed by atoms with Crippen molar-refractivity contribution >= 4 is 29.0 Å². The van der Waals surface area contributed by atoms with Crippen molar-refractivity contribution in [1.29, 1.82) is 0 Å². The second-order valence-corrected chi connectivity index (χ2v) is 11.9. The first-order valence-electron chi connectivity index (χ1n) is 14.9. The van der Waals surface area contributed by atoms with Gasteiger partial charge in [-0.2, -0.15) is 5.06 Å². The number of carbonyl (C=O) groups is 4. The number of rotatable bonds is 5. The lowest BCUT2D eigenvalue weighted by Gasteiger charge is -2.55. The number of hydrogen-bond acceptors (Lipinski definition) is 7. The predicted octanol–water partition coefficient (Wildman–Crippen LogP) is 5.00. The molecule has 3 aromatic carbocycles. The van der Waals surface area contributed by atoms with Crippen LogP contribution in [0, 0.1) is 23.7 Å². The SMILES string of the molecule is CCOc1cccc(C2C3=CCC4C(=O)N(O)C(=O)C4C3CC3C(=O)C(c4ccccc4)=CC(=O)C32c2ccccc2)c1O. The molecule has 1 heterocycles. The number of ether oxygens (including phenoxy) is 1. The van der Waals surface area contributed by atoms with Crippen LogP contribution in [0.2, 0.25) is 0 Å². The molecule has 1 saturated heterocycles. The van der Waals surface area contributed by atoms with E-state index in [0.29, 0.717) is 28.9 Å². The van der Waals surface area contributed by atoms with Gasteiger partial charge in [0.05, 0.1) is 23.9 Å². The summed E-state index contributed by atoms with van der Waals surface area (Å²) in [4.78, 5) is 56.0. The van der Waals surface area contributed by atoms with Crippen LogP contribution < -0.4 is 4.74 Å². The molecule has 1 saturated carbocycles. The highest BCUT2D eigenvalue weighted by atomic mass is 16.5. The lowest BCUT2D eigenvalue weighted by atomic mass is 9.44. The number of carbonyl (C=O) groups excluding carboxylic acids is 4. The van der Waals surface area contributed by atoms with E-state index in [9.17, 15) is 29.5 Å². The molecule has 6 atom stereocenters. The van der Waals surface area contributed by atoms with E-state index in [1.165, 1.54) is 6.08 Å². The van der Waals surface area contributed by atoms with E-state index in [1.807, 2.05) is 42.5 Å². The van der Waals surface area contributed by atoms with Crippen molar-refractivity contribution in [1.82, 2.24) is 5.06 Å². The highest BCUT2D eigenvalue weighted by molar-refractivity contribution is 6.31. The third kappa shape index (κ3) is 3.80. The summed E-state index contributed by atoms with van der Waals surface area (Å²) < 4.78 is 5.74. The molecule has 0 aromatic heterocycles. The summed E-state index contributed by atoms with van der Waals surface area (Å²) in [5.74, 6) is -5.89. The Morgan fingerprint density at radius 2 is 1.59 bits per heavy atom. The van der Waals surface area contributed by atoms with Gasteiger partial charge in [0.1, 0.15) is 0 Å². The Hall–Kier alpha value is -4.82. The Bertz CT molecular complexity index is 1760. The van der Waals surface area contributed by atoms with Gasteiger partial charge >= 0.3 is 0 Å². The monoisotopic (exact) mass is 589 g/mol. The van der Waals surface area contributed by atoms with Crippen molar-refractivity contribution in [3.8, 4) is 11.5 Å². The fourth-order valence-electron chi connectivity index (χ4n) is 8.25. The fraction of sp³-hybridized carbons (Fsp3) is 0.278. The van der Waals surface area contributed by atoms with Crippen molar-refractivity contribution in [2.75, 3.05) is 6.61 Å². The van der Waals surface area contributed by atoms with Crippen molar-refractivity contribution in [2.24, 2.45) is 23.7 Å². The Balaban J connectivity index is 1.54. The number of phenolic OH excluding ortho intramolecular Hbond substituents is 1. The van der Waals surface area contributed by atoms with Crippen LogP contribution in [0.5, 0.6) is 11.5 Å². The van der Waals surface area contributed by atoms with E-state index in [-0.39, 0.29) is 46.5 Å². The molecule has 0 radical (unpaired) electrons. The number of imide groups is 1. The van der Waals surface area contributed by atoms with Gasteiger partial charge < -0.3 is 9.84 Å². The predicted molar refractivity (Wildman–Crippen MR) is 159 cm³/mol. The molecule has 0 bridgehead atoms. The molecule has 8 heteroatoms. The Morgan fingerprint density at radius 3 is 2.30 bits per heavy atom. The van der Waals surface area contributed by atoms with Crippen LogP contribution in [0.1, 0.15) is 42.4 Å². The van der Waals surface area contributed by atoms with Gasteiger partial charge in [0.15, 0.2) is 23.1 Å². The van der Waals surface area contributed by atoms with Gasteiger partial charge in [0, 0.05) is 23.0 Å². The first-order valence-corrected chi connectivity index (χ1v) is 14.9. The molecule has 8 nitrogen and oxygen atoms in total. The average molecular weight is 590 g/mol. The Labute approximate surface area is 254 Å². The van der Waals surface area contributed by atoms with E-state index in [1.54, 1.807) is 49.4 Å². The summed E-state index contributed by atoms with van der Waals surface area (Å²) in [5, 5.41) is 22.3. The number of amides is 2. The number of para-hydroxylation sites is 1.